The predicted molar refractivity (Wildman–Crippen MR) is 66.5 cm³/mol. The molecular formula is C12H14N4O2. The van der Waals surface area contributed by atoms with Crippen molar-refractivity contribution >= 4 is 11.6 Å². The van der Waals surface area contributed by atoms with Crippen LogP contribution in [-0.4, -0.2) is 26.2 Å². The zero-order valence-electron chi connectivity index (χ0n) is 10.1. The molecule has 0 unspecified atom stereocenters. The molecule has 6 heteroatoms. The molecule has 6 nitrogen and oxygen atoms in total. The third-order valence-electron chi connectivity index (χ3n) is 2.38. The molecule has 1 heterocycles. The Balaban J connectivity index is 2.09. The highest BCUT2D eigenvalue weighted by Crippen LogP contribution is 2.14. The van der Waals surface area contributed by atoms with Crippen molar-refractivity contribution in [1.82, 2.24) is 15.2 Å². The van der Waals surface area contributed by atoms with Crippen molar-refractivity contribution in [3.63, 3.8) is 0 Å². The van der Waals surface area contributed by atoms with Gasteiger partial charge in [-0.05, 0) is 24.3 Å². The highest BCUT2D eigenvalue weighted by Gasteiger charge is 2.14. The van der Waals surface area contributed by atoms with E-state index in [-0.39, 0.29) is 23.4 Å². The van der Waals surface area contributed by atoms with Gasteiger partial charge >= 0.3 is 0 Å². The first kappa shape index (κ1) is 12.1. The number of aromatic nitrogens is 3. The first-order valence-corrected chi connectivity index (χ1v) is 5.59. The Kier molecular flexibility index (Phi) is 3.27. The maximum Gasteiger partial charge on any atom is 0.295 e. The smallest absolute Gasteiger partial charge is 0.295 e. The highest BCUT2D eigenvalue weighted by atomic mass is 16.3. The van der Waals surface area contributed by atoms with Crippen molar-refractivity contribution in [2.45, 2.75) is 19.8 Å². The number of hydrogen-bond acceptors (Lipinski definition) is 4. The number of phenols is 1. The molecule has 0 saturated heterocycles. The quantitative estimate of drug-likeness (QED) is 0.721. The summed E-state index contributed by atoms with van der Waals surface area (Å²) in [6.07, 6.45) is 0. The van der Waals surface area contributed by atoms with Gasteiger partial charge in [0.2, 0.25) is 5.82 Å². The van der Waals surface area contributed by atoms with Crippen LogP contribution >= 0.6 is 0 Å². The summed E-state index contributed by atoms with van der Waals surface area (Å²) in [6, 6.07) is 6.19. The van der Waals surface area contributed by atoms with Crippen LogP contribution in [0.1, 0.15) is 36.2 Å². The van der Waals surface area contributed by atoms with Crippen molar-refractivity contribution in [3.05, 3.63) is 35.9 Å². The second-order valence-electron chi connectivity index (χ2n) is 4.20. The molecule has 0 aliphatic rings. The van der Waals surface area contributed by atoms with Gasteiger partial charge in [-0.1, -0.05) is 13.8 Å². The fourth-order valence-electron chi connectivity index (χ4n) is 1.37. The van der Waals surface area contributed by atoms with Gasteiger partial charge in [-0.3, -0.25) is 9.89 Å². The summed E-state index contributed by atoms with van der Waals surface area (Å²) in [4.78, 5) is 15.9. The molecule has 0 radical (unpaired) electrons. The van der Waals surface area contributed by atoms with E-state index in [1.54, 1.807) is 12.1 Å². The second kappa shape index (κ2) is 4.87. The standard InChI is InChI=1S/C12H14N4O2/c1-7(2)10-14-11(16-15-10)12(18)13-8-3-5-9(17)6-4-8/h3-7,17H,1-2H3,(H,13,18)(H,14,15,16). The Morgan fingerprint density at radius 2 is 2.00 bits per heavy atom. The molecule has 0 fully saturated rings. The maximum absolute atomic E-state index is 11.8. The van der Waals surface area contributed by atoms with Crippen molar-refractivity contribution in [2.24, 2.45) is 0 Å². The molecule has 2 rings (SSSR count). The van der Waals surface area contributed by atoms with Gasteiger partial charge < -0.3 is 10.4 Å². The topological polar surface area (TPSA) is 90.9 Å². The number of carbonyl (C=O) groups excluding carboxylic acids is 1. The van der Waals surface area contributed by atoms with Crippen LogP contribution in [0.2, 0.25) is 0 Å². The monoisotopic (exact) mass is 246 g/mol. The summed E-state index contributed by atoms with van der Waals surface area (Å²) in [5.74, 6) is 0.724. The number of aromatic hydroxyl groups is 1. The SMILES string of the molecule is CC(C)c1nc(C(=O)Nc2ccc(O)cc2)n[nH]1. The minimum Gasteiger partial charge on any atom is -0.508 e. The molecule has 2 aromatic rings. The normalized spacial score (nSPS) is 10.6. The first-order valence-electron chi connectivity index (χ1n) is 5.59. The van der Waals surface area contributed by atoms with Gasteiger partial charge in [0.15, 0.2) is 0 Å². The van der Waals surface area contributed by atoms with Crippen LogP contribution in [-0.2, 0) is 0 Å². The minimum absolute atomic E-state index is 0.103. The summed E-state index contributed by atoms with van der Waals surface area (Å²) in [5.41, 5.74) is 0.577. The largest absolute Gasteiger partial charge is 0.508 e. The Bertz CT molecular complexity index is 545. The molecule has 94 valence electrons. The zero-order chi connectivity index (χ0) is 13.1. The summed E-state index contributed by atoms with van der Waals surface area (Å²) < 4.78 is 0. The lowest BCUT2D eigenvalue weighted by molar-refractivity contribution is 0.101. The van der Waals surface area contributed by atoms with Crippen molar-refractivity contribution in [2.75, 3.05) is 5.32 Å². The molecule has 3 N–H and O–H groups in total. The predicted octanol–water partition coefficient (Wildman–Crippen LogP) is 1.89. The van der Waals surface area contributed by atoms with E-state index < -0.39 is 0 Å². The molecule has 1 aromatic carbocycles. The van der Waals surface area contributed by atoms with Crippen molar-refractivity contribution in [1.29, 1.82) is 0 Å². The average Bonchev–Trinajstić information content (AvgIpc) is 2.81. The van der Waals surface area contributed by atoms with E-state index in [0.29, 0.717) is 11.5 Å². The van der Waals surface area contributed by atoms with Crippen molar-refractivity contribution in [3.8, 4) is 5.75 Å². The number of anilines is 1. The summed E-state index contributed by atoms with van der Waals surface area (Å²) in [5, 5.41) is 18.3. The number of phenolic OH excluding ortho intramolecular Hbond substituents is 1. The molecule has 0 spiro atoms. The number of hydrogen-bond donors (Lipinski definition) is 3. The number of rotatable bonds is 3. The van der Waals surface area contributed by atoms with E-state index in [2.05, 4.69) is 20.5 Å². The van der Waals surface area contributed by atoms with Crippen LogP contribution in [0, 0.1) is 0 Å². The van der Waals surface area contributed by atoms with Gasteiger partial charge in [-0.25, -0.2) is 4.98 Å². The van der Waals surface area contributed by atoms with Crippen LogP contribution in [0.25, 0.3) is 0 Å². The summed E-state index contributed by atoms with van der Waals surface area (Å²) in [7, 11) is 0. The van der Waals surface area contributed by atoms with Gasteiger partial charge in [0.25, 0.3) is 5.91 Å². The van der Waals surface area contributed by atoms with E-state index in [9.17, 15) is 4.79 Å². The Labute approximate surface area is 104 Å². The number of amides is 1. The lowest BCUT2D eigenvalue weighted by Crippen LogP contribution is -2.13. The van der Waals surface area contributed by atoms with E-state index >= 15 is 0 Å². The third kappa shape index (κ3) is 2.65. The van der Waals surface area contributed by atoms with Crippen LogP contribution in [0.3, 0.4) is 0 Å². The fourth-order valence-corrected chi connectivity index (χ4v) is 1.37. The van der Waals surface area contributed by atoms with Crippen LogP contribution < -0.4 is 5.32 Å². The highest BCUT2D eigenvalue weighted by molar-refractivity contribution is 6.01. The second-order valence-corrected chi connectivity index (χ2v) is 4.20. The zero-order valence-corrected chi connectivity index (χ0v) is 10.1. The van der Waals surface area contributed by atoms with Gasteiger partial charge in [-0.15, -0.1) is 5.10 Å². The molecule has 0 aliphatic carbocycles. The lowest BCUT2D eigenvalue weighted by atomic mass is 10.2. The Hall–Kier alpha value is -2.37. The molecule has 18 heavy (non-hydrogen) atoms. The molecule has 0 atom stereocenters. The molecule has 0 saturated carbocycles. The van der Waals surface area contributed by atoms with Crippen LogP contribution in [0.15, 0.2) is 24.3 Å². The number of carbonyl (C=O) groups is 1. The third-order valence-corrected chi connectivity index (χ3v) is 2.38. The van der Waals surface area contributed by atoms with E-state index in [0.717, 1.165) is 0 Å². The van der Waals surface area contributed by atoms with Gasteiger partial charge in [0, 0.05) is 11.6 Å². The summed E-state index contributed by atoms with van der Waals surface area (Å²) in [6.45, 7) is 3.92. The molecule has 0 bridgehead atoms. The Morgan fingerprint density at radius 3 is 2.56 bits per heavy atom. The Morgan fingerprint density at radius 1 is 1.33 bits per heavy atom. The maximum atomic E-state index is 11.8. The number of nitrogens with zero attached hydrogens (tertiary/aromatic N) is 2. The summed E-state index contributed by atoms with van der Waals surface area (Å²) >= 11 is 0. The van der Waals surface area contributed by atoms with Gasteiger partial charge in [0.05, 0.1) is 0 Å². The van der Waals surface area contributed by atoms with Crippen LogP contribution in [0.4, 0.5) is 5.69 Å². The molecule has 1 aromatic heterocycles. The van der Waals surface area contributed by atoms with E-state index in [4.69, 9.17) is 5.11 Å². The fraction of sp³-hybridized carbons (Fsp3) is 0.250. The van der Waals surface area contributed by atoms with Gasteiger partial charge in [-0.2, -0.15) is 0 Å². The first-order chi connectivity index (χ1) is 8.56. The lowest BCUT2D eigenvalue weighted by Gasteiger charge is -2.02. The molecule has 0 aliphatic heterocycles. The molecule has 1 amide bonds. The number of benzene rings is 1. The van der Waals surface area contributed by atoms with Crippen molar-refractivity contribution < 1.29 is 9.90 Å². The number of aromatic amines is 1. The average molecular weight is 246 g/mol. The number of nitrogens with one attached hydrogen (secondary N) is 2. The number of H-pyrrole nitrogens is 1. The van der Waals surface area contributed by atoms with E-state index in [1.807, 2.05) is 13.8 Å². The molecular weight excluding hydrogens is 232 g/mol. The van der Waals surface area contributed by atoms with Crippen LogP contribution in [0.5, 0.6) is 5.75 Å². The minimum atomic E-state index is -0.385. The van der Waals surface area contributed by atoms with Gasteiger partial charge in [0.1, 0.15) is 11.6 Å². The van der Waals surface area contributed by atoms with E-state index in [1.165, 1.54) is 12.1 Å².